The number of benzene rings is 2. The molecule has 1 fully saturated rings. The second kappa shape index (κ2) is 9.56. The number of carbonyl (C=O) groups excluding carboxylic acids is 2. The van der Waals surface area contributed by atoms with Crippen LogP contribution in [0.3, 0.4) is 0 Å². The molecular weight excluding hydrogens is 443 g/mol. The number of anilines is 2. The first kappa shape index (κ1) is 23.1. The number of carbonyl (C=O) groups is 2. The normalized spacial score (nSPS) is 17.0. The second-order valence-electron chi connectivity index (χ2n) is 9.57. The van der Waals surface area contributed by atoms with Gasteiger partial charge in [-0.15, -0.1) is 0 Å². The van der Waals surface area contributed by atoms with E-state index >= 15 is 0 Å². The van der Waals surface area contributed by atoms with Gasteiger partial charge in [-0.2, -0.15) is 0 Å². The quantitative estimate of drug-likeness (QED) is 0.472. The molecule has 0 spiro atoms. The lowest BCUT2D eigenvalue weighted by molar-refractivity contribution is -0.120. The average molecular weight is 473 g/mol. The summed E-state index contributed by atoms with van der Waals surface area (Å²) in [7, 11) is 0. The van der Waals surface area contributed by atoms with Gasteiger partial charge < -0.3 is 9.80 Å². The Morgan fingerprint density at radius 1 is 1.06 bits per heavy atom. The fourth-order valence-electron chi connectivity index (χ4n) is 5.00. The molecule has 35 heavy (non-hydrogen) atoms. The molecular formula is C28H29FN4O2. The molecule has 1 aromatic heterocycles. The molecule has 180 valence electrons. The predicted molar refractivity (Wildman–Crippen MR) is 133 cm³/mol. The van der Waals surface area contributed by atoms with Crippen LogP contribution in [-0.2, 0) is 24.1 Å². The van der Waals surface area contributed by atoms with Crippen LogP contribution in [0.1, 0.15) is 54.0 Å². The van der Waals surface area contributed by atoms with Crippen molar-refractivity contribution in [2.24, 2.45) is 0 Å². The Labute approximate surface area is 204 Å². The Kier molecular flexibility index (Phi) is 6.32. The minimum atomic E-state index is -0.347. The van der Waals surface area contributed by atoms with E-state index in [1.807, 2.05) is 43.0 Å². The van der Waals surface area contributed by atoms with E-state index in [0.29, 0.717) is 12.0 Å². The van der Waals surface area contributed by atoms with E-state index in [9.17, 15) is 14.0 Å². The maximum Gasteiger partial charge on any atom is 0.250 e. The zero-order valence-electron chi connectivity index (χ0n) is 20.1. The van der Waals surface area contributed by atoms with Crippen molar-refractivity contribution < 1.29 is 14.0 Å². The van der Waals surface area contributed by atoms with Gasteiger partial charge in [0.2, 0.25) is 5.91 Å². The molecule has 0 N–H and O–H groups in total. The van der Waals surface area contributed by atoms with Crippen molar-refractivity contribution in [3.8, 4) is 0 Å². The van der Waals surface area contributed by atoms with Crippen molar-refractivity contribution in [3.05, 3.63) is 83.1 Å². The summed E-state index contributed by atoms with van der Waals surface area (Å²) >= 11 is 0. The van der Waals surface area contributed by atoms with Gasteiger partial charge >= 0.3 is 0 Å². The average Bonchev–Trinajstić information content (AvgIpc) is 3.35. The summed E-state index contributed by atoms with van der Waals surface area (Å²) in [5, 5.41) is 0. The summed E-state index contributed by atoms with van der Waals surface area (Å²) < 4.78 is 13.1. The van der Waals surface area contributed by atoms with Crippen molar-refractivity contribution >= 4 is 23.2 Å². The molecule has 0 bridgehead atoms. The highest BCUT2D eigenvalue weighted by molar-refractivity contribution is 6.05. The topological polar surface area (TPSA) is 66.4 Å². The number of hydrogen-bond donors (Lipinski definition) is 0. The molecule has 0 aliphatic carbocycles. The maximum atomic E-state index is 13.1. The highest BCUT2D eigenvalue weighted by Crippen LogP contribution is 2.39. The first-order valence-electron chi connectivity index (χ1n) is 12.2. The Bertz CT molecular complexity index is 1240. The summed E-state index contributed by atoms with van der Waals surface area (Å²) in [5.41, 5.74) is 3.38. The highest BCUT2D eigenvalue weighted by Gasteiger charge is 2.42. The van der Waals surface area contributed by atoms with Crippen molar-refractivity contribution in [2.75, 3.05) is 16.3 Å². The van der Waals surface area contributed by atoms with E-state index < -0.39 is 0 Å². The Balaban J connectivity index is 1.25. The van der Waals surface area contributed by atoms with Crippen LogP contribution in [0.2, 0.25) is 0 Å². The third kappa shape index (κ3) is 4.67. The molecule has 6 nitrogen and oxygen atoms in total. The van der Waals surface area contributed by atoms with E-state index in [-0.39, 0.29) is 36.0 Å². The third-order valence-electron chi connectivity index (χ3n) is 6.81. The number of aryl methyl sites for hydroxylation is 2. The number of Topliss-reactive ketones (excluding diaryl/α,β-unsaturated/α-hetero) is 1. The standard InChI is InChI=1S/C28H29FN4O2/c1-18(2)33-24-17-30-26(31-27(24)32-15-3-4-23(32)28(33)35)14-9-19-5-7-20(8-6-19)16-25(34)21-10-12-22(29)13-11-21/h5-8,10-13,17-18,23H,3-4,9,14-16H2,1-2H3/t23-/m0/s1. The highest BCUT2D eigenvalue weighted by atomic mass is 19.1. The minimum Gasteiger partial charge on any atom is -0.343 e. The lowest BCUT2D eigenvalue weighted by atomic mass is 10.0. The lowest BCUT2D eigenvalue weighted by Gasteiger charge is -2.40. The molecule has 3 heterocycles. The number of ketones is 1. The number of nitrogens with zero attached hydrogens (tertiary/aromatic N) is 4. The number of rotatable bonds is 7. The smallest absolute Gasteiger partial charge is 0.250 e. The summed E-state index contributed by atoms with van der Waals surface area (Å²) in [5.74, 6) is 1.41. The van der Waals surface area contributed by atoms with Crippen LogP contribution < -0.4 is 9.80 Å². The SMILES string of the molecule is CC(C)N1C(=O)[C@@H]2CCCN2c2nc(CCc3ccc(CC(=O)c4ccc(F)cc4)cc3)ncc21. The van der Waals surface area contributed by atoms with Gasteiger partial charge in [-0.3, -0.25) is 9.59 Å². The minimum absolute atomic E-state index is 0.0330. The first-order valence-corrected chi connectivity index (χ1v) is 12.2. The molecule has 1 saturated heterocycles. The number of amides is 1. The van der Waals surface area contributed by atoms with Crippen LogP contribution >= 0.6 is 0 Å². The molecule has 0 saturated carbocycles. The molecule has 2 aliphatic heterocycles. The van der Waals surface area contributed by atoms with Gasteiger partial charge in [0.05, 0.1) is 6.20 Å². The molecule has 1 amide bonds. The molecule has 5 rings (SSSR count). The van der Waals surface area contributed by atoms with Gasteiger partial charge in [-0.1, -0.05) is 24.3 Å². The molecule has 0 unspecified atom stereocenters. The van der Waals surface area contributed by atoms with Gasteiger partial charge in [-0.25, -0.2) is 14.4 Å². The molecule has 2 aromatic carbocycles. The van der Waals surface area contributed by atoms with E-state index in [2.05, 4.69) is 9.88 Å². The van der Waals surface area contributed by atoms with Crippen LogP contribution in [0, 0.1) is 5.82 Å². The lowest BCUT2D eigenvalue weighted by Crippen LogP contribution is -2.53. The maximum absolute atomic E-state index is 13.1. The fraction of sp³-hybridized carbons (Fsp3) is 0.357. The van der Waals surface area contributed by atoms with Crippen molar-refractivity contribution in [1.82, 2.24) is 9.97 Å². The number of hydrogen-bond acceptors (Lipinski definition) is 5. The van der Waals surface area contributed by atoms with Gasteiger partial charge in [0.15, 0.2) is 11.6 Å². The zero-order valence-corrected chi connectivity index (χ0v) is 20.1. The molecule has 3 aromatic rings. The first-order chi connectivity index (χ1) is 16.9. The van der Waals surface area contributed by atoms with Crippen LogP contribution in [-0.4, -0.2) is 40.3 Å². The Hall–Kier alpha value is -3.61. The van der Waals surface area contributed by atoms with E-state index in [1.54, 1.807) is 6.20 Å². The molecule has 7 heteroatoms. The fourth-order valence-corrected chi connectivity index (χ4v) is 5.00. The van der Waals surface area contributed by atoms with Gasteiger partial charge in [-0.05, 0) is 68.5 Å². The molecule has 0 radical (unpaired) electrons. The summed E-state index contributed by atoms with van der Waals surface area (Å²) in [6, 6.07) is 13.6. The number of aromatic nitrogens is 2. The van der Waals surface area contributed by atoms with Gasteiger partial charge in [0.1, 0.15) is 23.4 Å². The van der Waals surface area contributed by atoms with Crippen LogP contribution in [0.15, 0.2) is 54.7 Å². The molecule has 1 atom stereocenters. The van der Waals surface area contributed by atoms with Crippen molar-refractivity contribution in [1.29, 1.82) is 0 Å². The van der Waals surface area contributed by atoms with Crippen LogP contribution in [0.25, 0.3) is 0 Å². The number of fused-ring (bicyclic) bond motifs is 3. The molecule has 2 aliphatic rings. The van der Waals surface area contributed by atoms with E-state index in [4.69, 9.17) is 4.98 Å². The van der Waals surface area contributed by atoms with Gasteiger partial charge in [0, 0.05) is 31.0 Å². The van der Waals surface area contributed by atoms with Crippen LogP contribution in [0.4, 0.5) is 15.9 Å². The second-order valence-corrected chi connectivity index (χ2v) is 9.57. The van der Waals surface area contributed by atoms with Crippen LogP contribution in [0.5, 0.6) is 0 Å². The summed E-state index contributed by atoms with van der Waals surface area (Å²) in [6.07, 6.45) is 5.42. The Morgan fingerprint density at radius 2 is 1.77 bits per heavy atom. The van der Waals surface area contributed by atoms with Crippen molar-refractivity contribution in [2.45, 2.75) is 58.0 Å². The van der Waals surface area contributed by atoms with Crippen molar-refractivity contribution in [3.63, 3.8) is 0 Å². The summed E-state index contributed by atoms with van der Waals surface area (Å²) in [6.45, 7) is 4.90. The summed E-state index contributed by atoms with van der Waals surface area (Å²) in [4.78, 5) is 38.9. The van der Waals surface area contributed by atoms with E-state index in [1.165, 1.54) is 24.3 Å². The third-order valence-corrected chi connectivity index (χ3v) is 6.81. The van der Waals surface area contributed by atoms with E-state index in [0.717, 1.165) is 54.3 Å². The zero-order chi connectivity index (χ0) is 24.5. The predicted octanol–water partition coefficient (Wildman–Crippen LogP) is 4.55. The van der Waals surface area contributed by atoms with Gasteiger partial charge in [0.25, 0.3) is 0 Å². The monoisotopic (exact) mass is 472 g/mol. The largest absolute Gasteiger partial charge is 0.343 e. The Morgan fingerprint density at radius 3 is 2.49 bits per heavy atom. The number of halogens is 1.